The van der Waals surface area contributed by atoms with Gasteiger partial charge in [-0.2, -0.15) is 0 Å². The summed E-state index contributed by atoms with van der Waals surface area (Å²) in [7, 11) is 0. The Morgan fingerprint density at radius 2 is 1.69 bits per heavy atom. The average molecular weight is 369 g/mol. The molecule has 0 aliphatic heterocycles. The number of nitrogens with one attached hydrogen (secondary N) is 1. The van der Waals surface area contributed by atoms with Crippen molar-refractivity contribution in [3.05, 3.63) is 64.3 Å². The highest BCUT2D eigenvalue weighted by molar-refractivity contribution is 6.33. The highest BCUT2D eigenvalue weighted by Gasteiger charge is 2.13. The molecule has 0 amide bonds. The summed E-state index contributed by atoms with van der Waals surface area (Å²) >= 11 is 6.07. The van der Waals surface area contributed by atoms with Crippen LogP contribution in [0.4, 0.5) is 11.4 Å². The maximum atomic E-state index is 6.24. The molecule has 5 N–H and O–H groups in total. The molecular formula is C21H25ClN4. The number of pyridine rings is 1. The van der Waals surface area contributed by atoms with Crippen LogP contribution in [-0.2, 0) is 13.0 Å². The standard InChI is InChI=1S/C21H25ClN4/c1-21(2,3)25-12-14-7-4-6-13(10-14)11-15-8-5-9-16-17(15)18(23)19(24)20(22)26-16/h4-10,25H,11-12,24H2,1-3H3,(H2,23,26). The van der Waals surface area contributed by atoms with Gasteiger partial charge < -0.3 is 16.8 Å². The molecule has 0 radical (unpaired) electrons. The van der Waals surface area contributed by atoms with E-state index in [4.69, 9.17) is 23.1 Å². The molecule has 3 rings (SSSR count). The van der Waals surface area contributed by atoms with Gasteiger partial charge in [-0.15, -0.1) is 0 Å². The summed E-state index contributed by atoms with van der Waals surface area (Å²) in [4.78, 5) is 4.36. The Labute approximate surface area is 159 Å². The molecule has 0 fully saturated rings. The normalized spacial score (nSPS) is 11.8. The van der Waals surface area contributed by atoms with Crippen molar-refractivity contribution in [2.75, 3.05) is 11.5 Å². The van der Waals surface area contributed by atoms with Gasteiger partial charge in [0.15, 0.2) is 5.15 Å². The summed E-state index contributed by atoms with van der Waals surface area (Å²) in [5.41, 5.74) is 17.5. The minimum absolute atomic E-state index is 0.0859. The molecule has 1 heterocycles. The van der Waals surface area contributed by atoms with Crippen LogP contribution in [0.25, 0.3) is 10.9 Å². The molecule has 1 aromatic heterocycles. The number of hydrogen-bond acceptors (Lipinski definition) is 4. The Balaban J connectivity index is 1.93. The fourth-order valence-electron chi connectivity index (χ4n) is 2.99. The molecule has 5 heteroatoms. The fraction of sp³-hybridized carbons (Fsp3) is 0.286. The van der Waals surface area contributed by atoms with Gasteiger partial charge in [0.2, 0.25) is 0 Å². The van der Waals surface area contributed by atoms with Crippen molar-refractivity contribution in [1.82, 2.24) is 10.3 Å². The van der Waals surface area contributed by atoms with Crippen molar-refractivity contribution < 1.29 is 0 Å². The van der Waals surface area contributed by atoms with Crippen LogP contribution in [0, 0.1) is 0 Å². The van der Waals surface area contributed by atoms with Crippen molar-refractivity contribution >= 4 is 33.9 Å². The predicted octanol–water partition coefficient (Wildman–Crippen LogP) is 4.53. The first-order valence-electron chi connectivity index (χ1n) is 8.69. The number of aromatic nitrogens is 1. The maximum absolute atomic E-state index is 6.24. The van der Waals surface area contributed by atoms with E-state index in [1.165, 1.54) is 11.1 Å². The molecule has 0 bridgehead atoms. The van der Waals surface area contributed by atoms with Crippen molar-refractivity contribution in [2.45, 2.75) is 39.3 Å². The minimum atomic E-state index is 0.0859. The van der Waals surface area contributed by atoms with E-state index < -0.39 is 0 Å². The molecule has 0 saturated heterocycles. The molecule has 4 nitrogen and oxygen atoms in total. The van der Waals surface area contributed by atoms with E-state index in [1.807, 2.05) is 12.1 Å². The molecule has 0 spiro atoms. The minimum Gasteiger partial charge on any atom is -0.396 e. The molecular weight excluding hydrogens is 344 g/mol. The lowest BCUT2D eigenvalue weighted by molar-refractivity contribution is 0.424. The third kappa shape index (κ3) is 4.09. The first-order valence-corrected chi connectivity index (χ1v) is 9.07. The fourth-order valence-corrected chi connectivity index (χ4v) is 3.18. The number of benzene rings is 2. The number of rotatable bonds is 4. The quantitative estimate of drug-likeness (QED) is 0.591. The van der Waals surface area contributed by atoms with Crippen LogP contribution in [0.3, 0.4) is 0 Å². The monoisotopic (exact) mass is 368 g/mol. The number of halogens is 1. The van der Waals surface area contributed by atoms with Gasteiger partial charge in [0.05, 0.1) is 16.9 Å². The third-order valence-electron chi connectivity index (χ3n) is 4.34. The van der Waals surface area contributed by atoms with Crippen LogP contribution >= 0.6 is 11.6 Å². The number of hydrogen-bond donors (Lipinski definition) is 3. The van der Waals surface area contributed by atoms with E-state index in [9.17, 15) is 0 Å². The molecule has 3 aromatic rings. The third-order valence-corrected chi connectivity index (χ3v) is 4.63. The molecule has 0 saturated carbocycles. The van der Waals surface area contributed by atoms with E-state index in [-0.39, 0.29) is 10.7 Å². The van der Waals surface area contributed by atoms with Gasteiger partial charge in [-0.05, 0) is 49.9 Å². The number of anilines is 2. The average Bonchev–Trinajstić information content (AvgIpc) is 2.58. The summed E-state index contributed by atoms with van der Waals surface area (Å²) < 4.78 is 0. The number of fused-ring (bicyclic) bond motifs is 1. The van der Waals surface area contributed by atoms with Gasteiger partial charge in [-0.1, -0.05) is 48.0 Å². The zero-order valence-electron chi connectivity index (χ0n) is 15.4. The largest absolute Gasteiger partial charge is 0.396 e. The van der Waals surface area contributed by atoms with Gasteiger partial charge in [0.1, 0.15) is 0 Å². The van der Waals surface area contributed by atoms with Crippen LogP contribution in [0.2, 0.25) is 5.15 Å². The Kier molecular flexibility index (Phi) is 5.08. The SMILES string of the molecule is CC(C)(C)NCc1cccc(Cc2cccc3nc(Cl)c(N)c(N)c23)c1. The topological polar surface area (TPSA) is 77.0 Å². The van der Waals surface area contributed by atoms with Crippen LogP contribution in [0.1, 0.15) is 37.5 Å². The summed E-state index contributed by atoms with van der Waals surface area (Å²) in [5, 5.41) is 4.65. The lowest BCUT2D eigenvalue weighted by Gasteiger charge is -2.20. The van der Waals surface area contributed by atoms with Crippen molar-refractivity contribution in [3.63, 3.8) is 0 Å². The van der Waals surface area contributed by atoms with Crippen molar-refractivity contribution in [3.8, 4) is 0 Å². The molecule has 2 aromatic carbocycles. The smallest absolute Gasteiger partial charge is 0.154 e. The van der Waals surface area contributed by atoms with Gasteiger partial charge in [0, 0.05) is 17.5 Å². The van der Waals surface area contributed by atoms with Crippen molar-refractivity contribution in [2.24, 2.45) is 0 Å². The van der Waals surface area contributed by atoms with E-state index >= 15 is 0 Å². The first kappa shape index (κ1) is 18.5. The molecule has 136 valence electrons. The zero-order chi connectivity index (χ0) is 18.9. The van der Waals surface area contributed by atoms with E-state index in [1.54, 1.807) is 0 Å². The molecule has 0 atom stereocenters. The first-order chi connectivity index (χ1) is 12.2. The van der Waals surface area contributed by atoms with Crippen LogP contribution in [0.5, 0.6) is 0 Å². The second kappa shape index (κ2) is 7.14. The van der Waals surface area contributed by atoms with Crippen LogP contribution in [-0.4, -0.2) is 10.5 Å². The highest BCUT2D eigenvalue weighted by Crippen LogP contribution is 2.33. The summed E-state index contributed by atoms with van der Waals surface area (Å²) in [6, 6.07) is 14.5. The summed E-state index contributed by atoms with van der Waals surface area (Å²) in [6.07, 6.45) is 0.758. The van der Waals surface area contributed by atoms with E-state index in [0.717, 1.165) is 29.4 Å². The Morgan fingerprint density at radius 3 is 2.42 bits per heavy atom. The van der Waals surface area contributed by atoms with E-state index in [2.05, 4.69) is 61.4 Å². The van der Waals surface area contributed by atoms with Gasteiger partial charge in [0.25, 0.3) is 0 Å². The Hall–Kier alpha value is -2.30. The Morgan fingerprint density at radius 1 is 1.00 bits per heavy atom. The number of nitrogens with two attached hydrogens (primary N) is 2. The lowest BCUT2D eigenvalue weighted by atomic mass is 9.98. The van der Waals surface area contributed by atoms with Crippen molar-refractivity contribution in [1.29, 1.82) is 0 Å². The molecule has 0 aliphatic carbocycles. The predicted molar refractivity (Wildman–Crippen MR) is 111 cm³/mol. The second-order valence-corrected chi connectivity index (χ2v) is 8.00. The van der Waals surface area contributed by atoms with Gasteiger partial charge in [-0.3, -0.25) is 0 Å². The molecule has 26 heavy (non-hydrogen) atoms. The number of nitrogen functional groups attached to an aromatic ring is 2. The lowest BCUT2D eigenvalue weighted by Crippen LogP contribution is -2.35. The second-order valence-electron chi connectivity index (χ2n) is 7.64. The molecule has 0 unspecified atom stereocenters. The summed E-state index contributed by atoms with van der Waals surface area (Å²) in [6.45, 7) is 7.33. The zero-order valence-corrected chi connectivity index (χ0v) is 16.2. The highest BCUT2D eigenvalue weighted by atomic mass is 35.5. The number of nitrogens with zero attached hydrogens (tertiary/aromatic N) is 1. The van der Waals surface area contributed by atoms with E-state index in [0.29, 0.717) is 11.4 Å². The molecule has 0 aliphatic rings. The summed E-state index contributed by atoms with van der Waals surface area (Å²) in [5.74, 6) is 0. The van der Waals surface area contributed by atoms with Crippen LogP contribution in [0.15, 0.2) is 42.5 Å². The van der Waals surface area contributed by atoms with Gasteiger partial charge >= 0.3 is 0 Å². The van der Waals surface area contributed by atoms with Crippen LogP contribution < -0.4 is 16.8 Å². The maximum Gasteiger partial charge on any atom is 0.154 e. The Bertz CT molecular complexity index is 945. The van der Waals surface area contributed by atoms with Gasteiger partial charge in [-0.25, -0.2) is 4.98 Å².